The third-order valence-corrected chi connectivity index (χ3v) is 4.20. The molecule has 1 aliphatic rings. The number of hydrogen-bond acceptors (Lipinski definition) is 4. The van der Waals surface area contributed by atoms with Gasteiger partial charge in [-0.05, 0) is 36.5 Å². The number of benzene rings is 1. The Labute approximate surface area is 127 Å². The van der Waals surface area contributed by atoms with E-state index in [-0.39, 0.29) is 12.1 Å². The van der Waals surface area contributed by atoms with E-state index in [1.807, 2.05) is 29.6 Å². The molecular weight excluding hydrogens is 286 g/mol. The lowest BCUT2D eigenvalue weighted by molar-refractivity contribution is 0.247. The van der Waals surface area contributed by atoms with E-state index in [1.54, 1.807) is 13.3 Å². The minimum absolute atomic E-state index is 0.0378. The summed E-state index contributed by atoms with van der Waals surface area (Å²) in [6.45, 7) is 0. The van der Waals surface area contributed by atoms with Gasteiger partial charge in [-0.25, -0.2) is 9.78 Å². The second-order valence-corrected chi connectivity index (χ2v) is 5.92. The van der Waals surface area contributed by atoms with E-state index in [1.165, 1.54) is 11.3 Å². The number of methoxy groups -OCH3 is 1. The van der Waals surface area contributed by atoms with Crippen molar-refractivity contribution < 1.29 is 9.53 Å². The number of urea groups is 1. The van der Waals surface area contributed by atoms with Gasteiger partial charge in [-0.3, -0.25) is 5.32 Å². The van der Waals surface area contributed by atoms with Crippen LogP contribution in [0.2, 0.25) is 0 Å². The second kappa shape index (κ2) is 6.13. The van der Waals surface area contributed by atoms with Crippen LogP contribution in [0.3, 0.4) is 0 Å². The summed E-state index contributed by atoms with van der Waals surface area (Å²) in [5, 5.41) is 8.25. The zero-order valence-electron chi connectivity index (χ0n) is 11.7. The van der Waals surface area contributed by atoms with E-state index in [0.717, 1.165) is 24.2 Å². The monoisotopic (exact) mass is 303 g/mol. The molecule has 21 heavy (non-hydrogen) atoms. The van der Waals surface area contributed by atoms with Crippen molar-refractivity contribution in [1.29, 1.82) is 0 Å². The molecule has 0 aliphatic heterocycles. The number of aromatic nitrogens is 1. The predicted octanol–water partition coefficient (Wildman–Crippen LogP) is 3.42. The quantitative estimate of drug-likeness (QED) is 0.889. The lowest BCUT2D eigenvalue weighted by Crippen LogP contribution is -2.33. The van der Waals surface area contributed by atoms with Crippen molar-refractivity contribution in [3.05, 3.63) is 41.4 Å². The topological polar surface area (TPSA) is 63.2 Å². The molecule has 1 fully saturated rings. The van der Waals surface area contributed by atoms with E-state index in [4.69, 9.17) is 4.74 Å². The van der Waals surface area contributed by atoms with Crippen molar-refractivity contribution in [2.75, 3.05) is 12.4 Å². The van der Waals surface area contributed by atoms with Crippen molar-refractivity contribution in [1.82, 2.24) is 10.3 Å². The summed E-state index contributed by atoms with van der Waals surface area (Å²) < 4.78 is 5.17. The third kappa shape index (κ3) is 3.52. The maximum Gasteiger partial charge on any atom is 0.321 e. The maximum absolute atomic E-state index is 12.1. The SMILES string of the molecule is COc1ccc(C(NC(=O)Nc2nccs2)C2CC2)cc1. The van der Waals surface area contributed by atoms with Crippen molar-refractivity contribution in [2.24, 2.45) is 5.92 Å². The lowest BCUT2D eigenvalue weighted by atomic mass is 10.0. The molecule has 5 nitrogen and oxygen atoms in total. The highest BCUT2D eigenvalue weighted by Crippen LogP contribution is 2.41. The Morgan fingerprint density at radius 3 is 2.71 bits per heavy atom. The van der Waals surface area contributed by atoms with Crippen molar-refractivity contribution in [2.45, 2.75) is 18.9 Å². The van der Waals surface area contributed by atoms with E-state index < -0.39 is 0 Å². The molecule has 1 atom stereocenters. The average molecular weight is 303 g/mol. The van der Waals surface area contributed by atoms with E-state index in [2.05, 4.69) is 15.6 Å². The smallest absolute Gasteiger partial charge is 0.321 e. The molecule has 1 aromatic heterocycles. The van der Waals surface area contributed by atoms with Gasteiger partial charge in [-0.1, -0.05) is 12.1 Å². The van der Waals surface area contributed by atoms with Gasteiger partial charge in [0.2, 0.25) is 0 Å². The summed E-state index contributed by atoms with van der Waals surface area (Å²) in [7, 11) is 1.65. The van der Waals surface area contributed by atoms with Crippen molar-refractivity contribution >= 4 is 22.5 Å². The first-order valence-corrected chi connectivity index (χ1v) is 7.75. The number of anilines is 1. The highest BCUT2D eigenvalue weighted by Gasteiger charge is 2.33. The first kappa shape index (κ1) is 13.9. The summed E-state index contributed by atoms with van der Waals surface area (Å²) in [6.07, 6.45) is 3.96. The molecule has 2 N–H and O–H groups in total. The van der Waals surface area contributed by atoms with Crippen LogP contribution in [0.25, 0.3) is 0 Å². The third-order valence-electron chi connectivity index (χ3n) is 3.51. The Balaban J connectivity index is 1.67. The fraction of sp³-hybridized carbons (Fsp3) is 0.333. The standard InChI is InChI=1S/C15H17N3O2S/c1-20-12-6-4-11(5-7-12)13(10-2-3-10)17-14(19)18-15-16-8-9-21-15/h4-10,13H,2-3H2,1H3,(H2,16,17,18,19). The molecule has 2 amide bonds. The lowest BCUT2D eigenvalue weighted by Gasteiger charge is -2.19. The highest BCUT2D eigenvalue weighted by atomic mass is 32.1. The largest absolute Gasteiger partial charge is 0.497 e. The van der Waals surface area contributed by atoms with Gasteiger partial charge in [-0.2, -0.15) is 0 Å². The molecule has 6 heteroatoms. The zero-order chi connectivity index (χ0) is 14.7. The zero-order valence-corrected chi connectivity index (χ0v) is 12.5. The minimum Gasteiger partial charge on any atom is -0.497 e. The van der Waals surface area contributed by atoms with Crippen LogP contribution in [0.5, 0.6) is 5.75 Å². The minimum atomic E-state index is -0.210. The van der Waals surface area contributed by atoms with Gasteiger partial charge in [0.25, 0.3) is 0 Å². The number of carbonyl (C=O) groups is 1. The van der Waals surface area contributed by atoms with Gasteiger partial charge in [0.05, 0.1) is 13.2 Å². The second-order valence-electron chi connectivity index (χ2n) is 5.02. The Morgan fingerprint density at radius 1 is 1.38 bits per heavy atom. The van der Waals surface area contributed by atoms with Crippen LogP contribution in [-0.2, 0) is 0 Å². The van der Waals surface area contributed by atoms with Gasteiger partial charge in [0.1, 0.15) is 5.75 Å². The number of amides is 2. The normalized spacial score (nSPS) is 15.3. The first-order valence-electron chi connectivity index (χ1n) is 6.87. The van der Waals surface area contributed by atoms with Crippen LogP contribution in [0, 0.1) is 5.92 Å². The van der Waals surface area contributed by atoms with Crippen LogP contribution in [0.1, 0.15) is 24.4 Å². The molecular formula is C15H17N3O2S. The number of carbonyl (C=O) groups excluding carboxylic acids is 1. The van der Waals surface area contributed by atoms with E-state index in [9.17, 15) is 4.79 Å². The molecule has 0 radical (unpaired) electrons. The van der Waals surface area contributed by atoms with Gasteiger partial charge >= 0.3 is 6.03 Å². The summed E-state index contributed by atoms with van der Waals surface area (Å²) >= 11 is 1.40. The first-order chi connectivity index (χ1) is 10.3. The number of ether oxygens (including phenoxy) is 1. The van der Waals surface area contributed by atoms with E-state index >= 15 is 0 Å². The van der Waals surface area contributed by atoms with Crippen LogP contribution in [0.4, 0.5) is 9.93 Å². The van der Waals surface area contributed by atoms with Crippen molar-refractivity contribution in [3.8, 4) is 5.75 Å². The number of nitrogens with one attached hydrogen (secondary N) is 2. The highest BCUT2D eigenvalue weighted by molar-refractivity contribution is 7.13. The molecule has 1 aliphatic carbocycles. The predicted molar refractivity (Wildman–Crippen MR) is 82.7 cm³/mol. The van der Waals surface area contributed by atoms with Gasteiger partial charge < -0.3 is 10.1 Å². The molecule has 1 aromatic carbocycles. The summed E-state index contributed by atoms with van der Waals surface area (Å²) in [6, 6.07) is 7.68. The molecule has 0 saturated heterocycles. The molecule has 0 bridgehead atoms. The Morgan fingerprint density at radius 2 is 2.14 bits per heavy atom. The summed E-state index contributed by atoms with van der Waals surface area (Å²) in [4.78, 5) is 16.1. The van der Waals surface area contributed by atoms with Crippen LogP contribution in [0.15, 0.2) is 35.8 Å². The number of rotatable bonds is 5. The van der Waals surface area contributed by atoms with Crippen LogP contribution < -0.4 is 15.4 Å². The van der Waals surface area contributed by atoms with Gasteiger partial charge in [0.15, 0.2) is 5.13 Å². The number of thiazole rings is 1. The molecule has 1 unspecified atom stereocenters. The van der Waals surface area contributed by atoms with Gasteiger partial charge in [-0.15, -0.1) is 11.3 Å². The molecule has 1 heterocycles. The molecule has 0 spiro atoms. The number of nitrogens with zero attached hydrogens (tertiary/aromatic N) is 1. The fourth-order valence-electron chi connectivity index (χ4n) is 2.27. The van der Waals surface area contributed by atoms with Crippen LogP contribution >= 0.6 is 11.3 Å². The Hall–Kier alpha value is -2.08. The average Bonchev–Trinajstić information content (AvgIpc) is 3.23. The fourth-order valence-corrected chi connectivity index (χ4v) is 2.80. The summed E-state index contributed by atoms with van der Waals surface area (Å²) in [5.74, 6) is 1.33. The summed E-state index contributed by atoms with van der Waals surface area (Å²) in [5.41, 5.74) is 1.10. The van der Waals surface area contributed by atoms with Crippen molar-refractivity contribution in [3.63, 3.8) is 0 Å². The molecule has 1 saturated carbocycles. The Bertz CT molecular complexity index is 594. The number of hydrogen-bond donors (Lipinski definition) is 2. The molecule has 110 valence electrons. The van der Waals surface area contributed by atoms with Crippen LogP contribution in [-0.4, -0.2) is 18.1 Å². The maximum atomic E-state index is 12.1. The molecule has 3 rings (SSSR count). The van der Waals surface area contributed by atoms with Gasteiger partial charge in [0, 0.05) is 11.6 Å². The Kier molecular flexibility index (Phi) is 4.06. The molecule has 2 aromatic rings. The van der Waals surface area contributed by atoms with E-state index in [0.29, 0.717) is 11.0 Å².